The van der Waals surface area contributed by atoms with Gasteiger partial charge in [-0.15, -0.1) is 5.28 Å². The highest BCUT2D eigenvalue weighted by atomic mass is 27.0. The molecule has 4 nitrogen and oxygen atoms in total. The topological polar surface area (TPSA) is 74.6 Å². The molecule has 0 bridgehead atoms. The highest BCUT2D eigenvalue weighted by molar-refractivity contribution is 6.08. The summed E-state index contributed by atoms with van der Waals surface area (Å²) in [6.07, 6.45) is 25.5. The van der Waals surface area contributed by atoms with E-state index in [0.717, 1.165) is 78.3 Å². The Morgan fingerprint density at radius 2 is 0.673 bits per heavy atom. The zero-order chi connectivity index (χ0) is 38.2. The molecule has 0 aromatic carbocycles. The van der Waals surface area contributed by atoms with Gasteiger partial charge in [-0.2, -0.15) is 0 Å². The molecule has 0 amide bonds. The standard InChI is InChI=1S/2C20H38O2.C4H9.Al/c2*1-16(2)9-6-10-17(3)11-7-12-18(4)13-8-14-19(5)15-20(21)22;1-4(2)3;/h2*15-18H,6-14H2,1-5H3,(H,21,22);4H,1H2,2-3H3;. The van der Waals surface area contributed by atoms with Gasteiger partial charge >= 0.3 is 11.9 Å². The molecule has 4 atom stereocenters. The molecule has 0 saturated carbocycles. The van der Waals surface area contributed by atoms with E-state index in [0.29, 0.717) is 0 Å². The average molecular weight is 705 g/mol. The summed E-state index contributed by atoms with van der Waals surface area (Å²) < 4.78 is 0. The van der Waals surface area contributed by atoms with Crippen LogP contribution in [0.25, 0.3) is 0 Å². The van der Waals surface area contributed by atoms with Gasteiger partial charge in [0.2, 0.25) is 0 Å². The van der Waals surface area contributed by atoms with Crippen molar-refractivity contribution in [2.45, 2.75) is 204 Å². The molecule has 0 aromatic rings. The van der Waals surface area contributed by atoms with E-state index in [1.807, 2.05) is 13.8 Å². The summed E-state index contributed by atoms with van der Waals surface area (Å²) >= 11 is 2.69. The van der Waals surface area contributed by atoms with Crippen LogP contribution in [-0.2, 0) is 9.59 Å². The number of hydrogen-bond acceptors (Lipinski definition) is 2. The summed E-state index contributed by atoms with van der Waals surface area (Å²) in [6.45, 7) is 26.9. The first-order chi connectivity index (χ1) is 22.9. The maximum Gasteiger partial charge on any atom is 0.328 e. The quantitative estimate of drug-likeness (QED) is 0.0659. The Balaban J connectivity index is -0.000000757. The van der Waals surface area contributed by atoms with Crippen LogP contribution in [0.15, 0.2) is 23.3 Å². The molecular formula is C44H85AlO4. The third-order valence-electron chi connectivity index (χ3n) is 9.49. The number of carboxylic acids is 2. The van der Waals surface area contributed by atoms with E-state index in [1.165, 1.54) is 107 Å². The highest BCUT2D eigenvalue weighted by Crippen LogP contribution is 2.23. The number of allylic oxidation sites excluding steroid dienone is 2. The van der Waals surface area contributed by atoms with Gasteiger partial charge in [0.1, 0.15) is 16.3 Å². The Kier molecular flexibility index (Phi) is 37.8. The molecule has 0 aromatic heterocycles. The van der Waals surface area contributed by atoms with Crippen LogP contribution in [0, 0.1) is 41.4 Å². The SMILES string of the molecule is CC(=CC(=O)O)CCCC(C)CCCC(C)CCCC(C)C.CC(=CC(=O)O)CCCC(C)CCCC(C)CCCC(C)C.CC(C)[CH2][Al]. The summed E-state index contributed by atoms with van der Waals surface area (Å²) in [7, 11) is 0. The Hall–Kier alpha value is -1.05. The van der Waals surface area contributed by atoms with Gasteiger partial charge in [-0.3, -0.25) is 0 Å². The van der Waals surface area contributed by atoms with E-state index in [2.05, 4.69) is 85.5 Å². The maximum atomic E-state index is 10.5. The van der Waals surface area contributed by atoms with Crippen molar-refractivity contribution in [3.8, 4) is 0 Å². The number of hydrogen-bond donors (Lipinski definition) is 2. The van der Waals surface area contributed by atoms with Gasteiger partial charge in [0, 0.05) is 12.2 Å². The van der Waals surface area contributed by atoms with Crippen LogP contribution >= 0.6 is 0 Å². The molecule has 0 aliphatic heterocycles. The Morgan fingerprint density at radius 3 is 0.878 bits per heavy atom. The van der Waals surface area contributed by atoms with E-state index in [9.17, 15) is 9.59 Å². The first-order valence-electron chi connectivity index (χ1n) is 20.4. The average Bonchev–Trinajstić information content (AvgIpc) is 2.96. The molecule has 2 radical (unpaired) electrons. The number of rotatable bonds is 27. The van der Waals surface area contributed by atoms with Crippen LogP contribution < -0.4 is 0 Å². The van der Waals surface area contributed by atoms with Gasteiger partial charge in [0.15, 0.2) is 0 Å². The minimum absolute atomic E-state index is 0.764. The van der Waals surface area contributed by atoms with Crippen molar-refractivity contribution >= 4 is 28.2 Å². The Morgan fingerprint density at radius 1 is 0.449 bits per heavy atom. The summed E-state index contributed by atoms with van der Waals surface area (Å²) in [4.78, 5) is 21.1. The van der Waals surface area contributed by atoms with Gasteiger partial charge in [-0.05, 0) is 75.0 Å². The molecule has 0 aliphatic carbocycles. The van der Waals surface area contributed by atoms with Crippen LogP contribution in [0.2, 0.25) is 5.28 Å². The molecule has 4 unspecified atom stereocenters. The summed E-state index contributed by atoms with van der Waals surface area (Å²) in [5.41, 5.74) is 1.97. The van der Waals surface area contributed by atoms with E-state index in [4.69, 9.17) is 10.2 Å². The predicted octanol–water partition coefficient (Wildman–Crippen LogP) is 14.1. The van der Waals surface area contributed by atoms with Crippen molar-refractivity contribution in [3.63, 3.8) is 0 Å². The molecule has 0 rings (SSSR count). The lowest BCUT2D eigenvalue weighted by Crippen LogP contribution is -2.00. The Labute approximate surface area is 315 Å². The second-order valence-corrected chi connectivity index (χ2v) is 17.5. The van der Waals surface area contributed by atoms with Gasteiger partial charge in [0.25, 0.3) is 0 Å². The lowest BCUT2D eigenvalue weighted by atomic mass is 9.91. The third-order valence-corrected chi connectivity index (χ3v) is 10.4. The van der Waals surface area contributed by atoms with E-state index in [1.54, 1.807) is 0 Å². The zero-order valence-electron chi connectivity index (χ0n) is 34.9. The van der Waals surface area contributed by atoms with Crippen molar-refractivity contribution in [1.29, 1.82) is 0 Å². The molecule has 0 aliphatic rings. The number of carbonyl (C=O) groups is 2. The second kappa shape index (κ2) is 35.4. The molecule has 0 fully saturated rings. The fourth-order valence-corrected chi connectivity index (χ4v) is 5.98. The minimum Gasteiger partial charge on any atom is -0.478 e. The van der Waals surface area contributed by atoms with E-state index >= 15 is 0 Å². The number of carboxylic acid groups (broad SMARTS) is 2. The monoisotopic (exact) mass is 705 g/mol. The summed E-state index contributed by atoms with van der Waals surface area (Å²) in [5, 5.41) is 18.6. The van der Waals surface area contributed by atoms with Crippen molar-refractivity contribution in [1.82, 2.24) is 0 Å². The zero-order valence-corrected chi connectivity index (χ0v) is 36.1. The van der Waals surface area contributed by atoms with Crippen LogP contribution in [0.4, 0.5) is 0 Å². The maximum absolute atomic E-state index is 10.5. The molecule has 0 saturated heterocycles. The van der Waals surface area contributed by atoms with Crippen molar-refractivity contribution in [3.05, 3.63) is 23.3 Å². The fourth-order valence-electron chi connectivity index (χ4n) is 5.98. The van der Waals surface area contributed by atoms with Crippen molar-refractivity contribution in [2.75, 3.05) is 0 Å². The smallest absolute Gasteiger partial charge is 0.328 e. The fraction of sp³-hybridized carbons (Fsp3) is 0.864. The third kappa shape index (κ3) is 47.0. The van der Waals surface area contributed by atoms with Crippen LogP contribution in [-0.4, -0.2) is 38.4 Å². The molecule has 288 valence electrons. The largest absolute Gasteiger partial charge is 0.478 e. The lowest BCUT2D eigenvalue weighted by Gasteiger charge is -2.15. The molecule has 0 spiro atoms. The highest BCUT2D eigenvalue weighted by Gasteiger charge is 2.08. The second-order valence-electron chi connectivity index (χ2n) is 17.0. The van der Waals surface area contributed by atoms with Crippen molar-refractivity contribution < 1.29 is 19.8 Å². The van der Waals surface area contributed by atoms with Crippen LogP contribution in [0.5, 0.6) is 0 Å². The van der Waals surface area contributed by atoms with Gasteiger partial charge in [0.05, 0.1) is 0 Å². The first-order valence-corrected chi connectivity index (χ1v) is 21.2. The van der Waals surface area contributed by atoms with Gasteiger partial charge in [-0.1, -0.05) is 176 Å². The molecule has 0 heterocycles. The van der Waals surface area contributed by atoms with Crippen LogP contribution in [0.3, 0.4) is 0 Å². The van der Waals surface area contributed by atoms with Gasteiger partial charge < -0.3 is 10.2 Å². The number of aliphatic carboxylic acids is 2. The molecular weight excluding hydrogens is 619 g/mol. The predicted molar refractivity (Wildman–Crippen MR) is 218 cm³/mol. The van der Waals surface area contributed by atoms with E-state index < -0.39 is 11.9 Å². The first kappa shape index (κ1) is 52.3. The normalized spacial score (nSPS) is 14.5. The summed E-state index contributed by atoms with van der Waals surface area (Å²) in [5.74, 6) is 4.14. The molecule has 49 heavy (non-hydrogen) atoms. The summed E-state index contributed by atoms with van der Waals surface area (Å²) in [6, 6.07) is 0. The lowest BCUT2D eigenvalue weighted by molar-refractivity contribution is -0.132. The Bertz CT molecular complexity index is 765. The van der Waals surface area contributed by atoms with Crippen LogP contribution in [0.1, 0.15) is 199 Å². The molecule has 5 heteroatoms. The minimum atomic E-state index is -0.822. The van der Waals surface area contributed by atoms with Crippen molar-refractivity contribution in [2.24, 2.45) is 41.4 Å². The molecule has 2 N–H and O–H groups in total. The van der Waals surface area contributed by atoms with E-state index in [-0.39, 0.29) is 0 Å². The van der Waals surface area contributed by atoms with Gasteiger partial charge in [-0.25, -0.2) is 9.59 Å².